The van der Waals surface area contributed by atoms with Crippen molar-refractivity contribution in [2.75, 3.05) is 17.4 Å². The number of hydrogen-bond acceptors (Lipinski definition) is 12. The maximum absolute atomic E-state index is 5.70. The van der Waals surface area contributed by atoms with Crippen molar-refractivity contribution >= 4 is 51.0 Å². The van der Waals surface area contributed by atoms with E-state index >= 15 is 0 Å². The Morgan fingerprint density at radius 1 is 0.784 bits per heavy atom. The standard InChI is InChI=1S/C36H33N13O2/c1-17-5-25-26(51-16-50-25)7-23(17)40-33-42-29(28-20(4)46-48(31(28)44-33)34-8-21(9-34)10-34)35-13-36(35,14-35)49-30-22(19(3)45-49)11-37-32(43-30)41-24-12-47-27(6-18(24)2)38-15-39-47/h5-7,11-12,15,21H,8-10,13-14,16H2,1-4H3,(H,37,41,43)(H,40,42,44). The molecule has 7 heterocycles. The fourth-order valence-corrected chi connectivity index (χ4v) is 9.11. The van der Waals surface area contributed by atoms with E-state index in [0.29, 0.717) is 17.6 Å². The van der Waals surface area contributed by atoms with Crippen LogP contribution in [0.4, 0.5) is 23.3 Å². The molecule has 6 aliphatic rings. The highest BCUT2D eigenvalue weighted by atomic mass is 16.7. The van der Waals surface area contributed by atoms with Crippen molar-refractivity contribution in [1.29, 1.82) is 0 Å². The minimum Gasteiger partial charge on any atom is -0.454 e. The smallest absolute Gasteiger partial charge is 0.231 e. The molecule has 0 amide bonds. The van der Waals surface area contributed by atoms with Gasteiger partial charge >= 0.3 is 0 Å². The van der Waals surface area contributed by atoms with Crippen LogP contribution in [0, 0.1) is 33.6 Å². The number of aromatic nitrogens is 11. The van der Waals surface area contributed by atoms with Gasteiger partial charge in [0.25, 0.3) is 0 Å². The Kier molecular flexibility index (Phi) is 4.86. The number of pyridine rings is 1. The highest BCUT2D eigenvalue weighted by Crippen LogP contribution is 2.84. The first kappa shape index (κ1) is 27.9. The number of benzene rings is 1. The summed E-state index contributed by atoms with van der Waals surface area (Å²) in [5, 5.41) is 23.5. The Morgan fingerprint density at radius 2 is 1.53 bits per heavy atom. The fraction of sp³-hybridized carbons (Fsp3) is 0.389. The normalized spacial score (nSPS) is 26.3. The predicted octanol–water partition coefficient (Wildman–Crippen LogP) is 5.41. The van der Waals surface area contributed by atoms with Gasteiger partial charge in [-0.1, -0.05) is 0 Å². The number of hydrogen-bond donors (Lipinski definition) is 2. The molecule has 0 unspecified atom stereocenters. The average molecular weight is 680 g/mol. The van der Waals surface area contributed by atoms with Crippen molar-refractivity contribution in [1.82, 2.24) is 54.1 Å². The molecule has 51 heavy (non-hydrogen) atoms. The molecule has 1 aromatic carbocycles. The molecule has 5 aliphatic carbocycles. The molecule has 2 N–H and O–H groups in total. The zero-order valence-electron chi connectivity index (χ0n) is 28.5. The van der Waals surface area contributed by atoms with E-state index in [2.05, 4.69) is 48.9 Å². The second-order valence-electron chi connectivity index (χ2n) is 15.4. The third-order valence-corrected chi connectivity index (χ3v) is 12.3. The number of aryl methyl sites for hydroxylation is 4. The lowest BCUT2D eigenvalue weighted by atomic mass is 9.50. The summed E-state index contributed by atoms with van der Waals surface area (Å²) in [6.07, 6.45) is 10.7. The summed E-state index contributed by atoms with van der Waals surface area (Å²) in [7, 11) is 0. The summed E-state index contributed by atoms with van der Waals surface area (Å²) in [4.78, 5) is 24.6. The monoisotopic (exact) mass is 679 g/mol. The molecule has 0 saturated heterocycles. The van der Waals surface area contributed by atoms with Crippen LogP contribution in [0.5, 0.6) is 11.5 Å². The topological polar surface area (TPSA) is 160 Å². The Balaban J connectivity index is 0.963. The summed E-state index contributed by atoms with van der Waals surface area (Å²) in [5.41, 5.74) is 8.85. The molecular weight excluding hydrogens is 646 g/mol. The summed E-state index contributed by atoms with van der Waals surface area (Å²) >= 11 is 0. The first-order chi connectivity index (χ1) is 24.7. The van der Waals surface area contributed by atoms with Gasteiger partial charge in [-0.3, -0.25) is 0 Å². The summed E-state index contributed by atoms with van der Waals surface area (Å²) < 4.78 is 17.4. The van der Waals surface area contributed by atoms with Gasteiger partial charge in [0.1, 0.15) is 6.33 Å². The van der Waals surface area contributed by atoms with Crippen molar-refractivity contribution < 1.29 is 9.47 Å². The molecule has 7 aromatic rings. The lowest BCUT2D eigenvalue weighted by molar-refractivity contribution is -0.0949. The number of anilines is 4. The molecule has 5 fully saturated rings. The summed E-state index contributed by atoms with van der Waals surface area (Å²) in [6, 6.07) is 5.96. The van der Waals surface area contributed by atoms with E-state index in [1.165, 1.54) is 19.3 Å². The predicted molar refractivity (Wildman–Crippen MR) is 186 cm³/mol. The van der Waals surface area contributed by atoms with Crippen LogP contribution in [0.25, 0.3) is 27.7 Å². The number of nitrogens with one attached hydrogen (secondary N) is 2. The van der Waals surface area contributed by atoms with E-state index in [9.17, 15) is 0 Å². The molecule has 15 heteroatoms. The summed E-state index contributed by atoms with van der Waals surface area (Å²) in [6.45, 7) is 8.43. The van der Waals surface area contributed by atoms with Gasteiger partial charge in [0.05, 0.1) is 50.8 Å². The maximum Gasteiger partial charge on any atom is 0.231 e. The van der Waals surface area contributed by atoms with Gasteiger partial charge in [0, 0.05) is 23.4 Å². The first-order valence-electron chi connectivity index (χ1n) is 17.5. The Labute approximate surface area is 290 Å². The van der Waals surface area contributed by atoms with Gasteiger partial charge in [0.2, 0.25) is 18.7 Å². The van der Waals surface area contributed by atoms with Crippen LogP contribution in [0.3, 0.4) is 0 Å². The van der Waals surface area contributed by atoms with Gasteiger partial charge in [-0.2, -0.15) is 25.3 Å². The minimum atomic E-state index is -0.237. The fourth-order valence-electron chi connectivity index (χ4n) is 9.11. The Hall–Kier alpha value is -5.86. The van der Waals surface area contributed by atoms with Crippen molar-refractivity contribution in [3.63, 3.8) is 0 Å². The molecule has 0 atom stereocenters. The van der Waals surface area contributed by atoms with E-state index in [1.807, 2.05) is 44.4 Å². The SMILES string of the molecule is Cc1cc2c(cc1Nc1nc(C34CC3(n3nc(C)c5cnc(Nc6cn7ncnc7cc6C)nc53)C4)c3c(C)nn(C45CC(C4)C5)c3n1)OCO2. The molecule has 15 nitrogen and oxygen atoms in total. The van der Waals surface area contributed by atoms with Crippen molar-refractivity contribution in [2.24, 2.45) is 5.92 Å². The zero-order valence-corrected chi connectivity index (χ0v) is 28.5. The van der Waals surface area contributed by atoms with E-state index < -0.39 is 0 Å². The molecule has 6 aromatic heterocycles. The third kappa shape index (κ3) is 3.52. The second-order valence-corrected chi connectivity index (χ2v) is 15.4. The molecule has 1 aliphatic heterocycles. The number of nitrogens with zero attached hydrogens (tertiary/aromatic N) is 11. The highest BCUT2D eigenvalue weighted by molar-refractivity contribution is 5.87. The molecule has 13 rings (SSSR count). The second kappa shape index (κ2) is 8.89. The molecule has 0 spiro atoms. The summed E-state index contributed by atoms with van der Waals surface area (Å²) in [5.74, 6) is 3.34. The third-order valence-electron chi connectivity index (χ3n) is 12.3. The lowest BCUT2D eigenvalue weighted by Gasteiger charge is -2.61. The van der Waals surface area contributed by atoms with Crippen LogP contribution in [0.15, 0.2) is 36.9 Å². The van der Waals surface area contributed by atoms with E-state index in [1.54, 1.807) is 10.8 Å². The van der Waals surface area contributed by atoms with Gasteiger partial charge < -0.3 is 20.1 Å². The van der Waals surface area contributed by atoms with Crippen LogP contribution in [-0.4, -0.2) is 60.9 Å². The van der Waals surface area contributed by atoms with Gasteiger partial charge in [-0.05, 0) is 89.0 Å². The number of fused-ring (bicyclic) bond motifs is 5. The van der Waals surface area contributed by atoms with Gasteiger partial charge in [0.15, 0.2) is 28.4 Å². The van der Waals surface area contributed by atoms with Crippen molar-refractivity contribution in [3.8, 4) is 11.5 Å². The average Bonchev–Trinajstić information content (AvgIpc) is 3.42. The number of ether oxygens (including phenoxy) is 2. The Morgan fingerprint density at radius 3 is 2.33 bits per heavy atom. The van der Waals surface area contributed by atoms with Crippen LogP contribution < -0.4 is 20.1 Å². The van der Waals surface area contributed by atoms with Crippen LogP contribution in [0.1, 0.15) is 60.3 Å². The van der Waals surface area contributed by atoms with Crippen molar-refractivity contribution in [3.05, 3.63) is 65.1 Å². The zero-order chi connectivity index (χ0) is 34.0. The van der Waals surface area contributed by atoms with Crippen LogP contribution >= 0.6 is 0 Å². The lowest BCUT2D eigenvalue weighted by Crippen LogP contribution is -2.59. The number of rotatable bonds is 7. The molecule has 254 valence electrons. The van der Waals surface area contributed by atoms with E-state index in [4.69, 9.17) is 34.6 Å². The molecule has 2 bridgehead atoms. The van der Waals surface area contributed by atoms with Crippen LogP contribution in [0.2, 0.25) is 0 Å². The van der Waals surface area contributed by atoms with E-state index in [-0.39, 0.29) is 23.3 Å². The van der Waals surface area contributed by atoms with Crippen LogP contribution in [-0.2, 0) is 16.5 Å². The molecular formula is C36H33N13O2. The van der Waals surface area contributed by atoms with Gasteiger partial charge in [-0.25, -0.2) is 28.8 Å². The van der Waals surface area contributed by atoms with Crippen molar-refractivity contribution in [2.45, 2.75) is 76.3 Å². The minimum absolute atomic E-state index is 0.0724. The molecule has 0 radical (unpaired) electrons. The van der Waals surface area contributed by atoms with Gasteiger partial charge in [-0.15, -0.1) is 0 Å². The first-order valence-corrected chi connectivity index (χ1v) is 17.5. The highest BCUT2D eigenvalue weighted by Gasteiger charge is 2.87. The maximum atomic E-state index is 5.70. The Bertz CT molecular complexity index is 2680. The molecule has 5 saturated carbocycles. The largest absolute Gasteiger partial charge is 0.454 e. The van der Waals surface area contributed by atoms with E-state index in [0.717, 1.165) is 91.8 Å². The quantitative estimate of drug-likeness (QED) is 0.221.